The highest BCUT2D eigenvalue weighted by atomic mass is 16.5. The fraction of sp³-hybridized carbons (Fsp3) is 0.625. The molecule has 120 valence electrons. The van der Waals surface area contributed by atoms with Gasteiger partial charge in [0.05, 0.1) is 19.3 Å². The van der Waals surface area contributed by atoms with Crippen molar-refractivity contribution in [2.75, 3.05) is 32.8 Å². The molecule has 0 unspecified atom stereocenters. The molecule has 22 heavy (non-hydrogen) atoms. The Hall–Kier alpha value is -1.66. The van der Waals surface area contributed by atoms with Crippen LogP contribution in [0.4, 0.5) is 0 Å². The normalized spacial score (nSPS) is 24.8. The van der Waals surface area contributed by atoms with Gasteiger partial charge in [-0.15, -0.1) is 0 Å². The number of aromatic nitrogens is 1. The molecule has 1 aromatic heterocycles. The highest BCUT2D eigenvalue weighted by molar-refractivity contribution is 5.96. The van der Waals surface area contributed by atoms with Crippen LogP contribution >= 0.6 is 0 Å². The lowest BCUT2D eigenvalue weighted by Crippen LogP contribution is -2.50. The van der Waals surface area contributed by atoms with E-state index in [9.17, 15) is 4.79 Å². The second kappa shape index (κ2) is 7.07. The van der Waals surface area contributed by atoms with Gasteiger partial charge in [-0.2, -0.15) is 0 Å². The Morgan fingerprint density at radius 1 is 1.59 bits per heavy atom. The predicted octanol–water partition coefficient (Wildman–Crippen LogP) is 1.07. The van der Waals surface area contributed by atoms with Crippen LogP contribution in [0.5, 0.6) is 5.88 Å². The topological polar surface area (TPSA) is 63.7 Å². The Labute approximate surface area is 130 Å². The number of nitrogens with zero attached hydrogens (tertiary/aromatic N) is 2. The quantitative estimate of drug-likeness (QED) is 0.882. The summed E-state index contributed by atoms with van der Waals surface area (Å²) in [6.45, 7) is 5.70. The molecule has 6 heteroatoms. The molecular formula is C16H23N3O3. The number of amides is 1. The first-order valence-electron chi connectivity index (χ1n) is 7.99. The molecule has 2 fully saturated rings. The van der Waals surface area contributed by atoms with Gasteiger partial charge in [-0.25, -0.2) is 4.98 Å². The zero-order valence-electron chi connectivity index (χ0n) is 13.0. The Balaban J connectivity index is 1.54. The van der Waals surface area contributed by atoms with Crippen LogP contribution in [0.25, 0.3) is 0 Å². The van der Waals surface area contributed by atoms with Gasteiger partial charge in [-0.1, -0.05) is 0 Å². The van der Waals surface area contributed by atoms with E-state index >= 15 is 0 Å². The number of fused-ring (bicyclic) bond motifs is 1. The van der Waals surface area contributed by atoms with Crippen LogP contribution in [-0.4, -0.2) is 60.8 Å². The first-order valence-corrected chi connectivity index (χ1v) is 7.99. The maximum Gasteiger partial charge on any atom is 0.256 e. The van der Waals surface area contributed by atoms with Crippen LogP contribution in [0, 0.1) is 0 Å². The first kappa shape index (κ1) is 15.2. The average molecular weight is 305 g/mol. The Morgan fingerprint density at radius 2 is 2.50 bits per heavy atom. The molecule has 2 aliphatic rings. The van der Waals surface area contributed by atoms with Crippen molar-refractivity contribution < 1.29 is 14.3 Å². The van der Waals surface area contributed by atoms with Gasteiger partial charge in [0.25, 0.3) is 5.91 Å². The Bertz CT molecular complexity index is 523. The number of hydrogen-bond donors (Lipinski definition) is 1. The minimum absolute atomic E-state index is 0.0607. The molecule has 1 aromatic rings. The minimum atomic E-state index is -0.163. The Morgan fingerprint density at radius 3 is 3.36 bits per heavy atom. The number of carbonyl (C=O) groups is 1. The van der Waals surface area contributed by atoms with E-state index in [0.29, 0.717) is 30.6 Å². The van der Waals surface area contributed by atoms with Gasteiger partial charge >= 0.3 is 0 Å². The molecule has 6 nitrogen and oxygen atoms in total. The van der Waals surface area contributed by atoms with Crippen molar-refractivity contribution in [2.45, 2.75) is 31.9 Å². The molecule has 0 bridgehead atoms. The fourth-order valence-electron chi connectivity index (χ4n) is 3.13. The molecule has 0 spiro atoms. The summed E-state index contributed by atoms with van der Waals surface area (Å²) in [6, 6.07) is 4.05. The maximum atomic E-state index is 12.3. The zero-order valence-corrected chi connectivity index (χ0v) is 13.0. The van der Waals surface area contributed by atoms with E-state index in [1.165, 1.54) is 12.8 Å². The molecular weight excluding hydrogens is 282 g/mol. The number of hydrogen-bond acceptors (Lipinski definition) is 5. The summed E-state index contributed by atoms with van der Waals surface area (Å²) in [5, 5.41) is 2.94. The smallest absolute Gasteiger partial charge is 0.256 e. The number of morpholine rings is 1. The summed E-state index contributed by atoms with van der Waals surface area (Å²) >= 11 is 0. The van der Waals surface area contributed by atoms with Crippen LogP contribution in [0.2, 0.25) is 0 Å². The summed E-state index contributed by atoms with van der Waals surface area (Å²) in [5.41, 5.74) is 0.471. The van der Waals surface area contributed by atoms with E-state index in [4.69, 9.17) is 9.47 Å². The van der Waals surface area contributed by atoms with Gasteiger partial charge < -0.3 is 14.8 Å². The van der Waals surface area contributed by atoms with Crippen molar-refractivity contribution in [2.24, 2.45) is 0 Å². The van der Waals surface area contributed by atoms with Gasteiger partial charge in [0, 0.05) is 25.3 Å². The van der Waals surface area contributed by atoms with Gasteiger partial charge in [0.15, 0.2) is 0 Å². The van der Waals surface area contributed by atoms with Crippen molar-refractivity contribution in [3.63, 3.8) is 0 Å². The molecule has 2 saturated heterocycles. The van der Waals surface area contributed by atoms with Crippen LogP contribution in [0.1, 0.15) is 30.1 Å². The highest BCUT2D eigenvalue weighted by Gasteiger charge is 2.32. The monoisotopic (exact) mass is 305 g/mol. The molecule has 3 heterocycles. The van der Waals surface area contributed by atoms with Crippen molar-refractivity contribution in [3.05, 3.63) is 23.9 Å². The summed E-state index contributed by atoms with van der Waals surface area (Å²) in [5.74, 6) is 0.218. The lowest BCUT2D eigenvalue weighted by Gasteiger charge is -2.35. The molecule has 0 saturated carbocycles. The number of carbonyl (C=O) groups excluding carboxylic acids is 1. The summed E-state index contributed by atoms with van der Waals surface area (Å²) in [6.07, 6.45) is 4.16. The molecule has 3 rings (SSSR count). The lowest BCUT2D eigenvalue weighted by molar-refractivity contribution is -0.0462. The predicted molar refractivity (Wildman–Crippen MR) is 82.1 cm³/mol. The van der Waals surface area contributed by atoms with Crippen molar-refractivity contribution in [1.82, 2.24) is 15.2 Å². The maximum absolute atomic E-state index is 12.3. The second-order valence-corrected chi connectivity index (χ2v) is 5.75. The summed E-state index contributed by atoms with van der Waals surface area (Å²) < 4.78 is 11.2. The third-order valence-corrected chi connectivity index (χ3v) is 4.25. The van der Waals surface area contributed by atoms with Crippen LogP contribution < -0.4 is 10.1 Å². The minimum Gasteiger partial charge on any atom is -0.477 e. The molecule has 0 radical (unpaired) electrons. The number of rotatable bonds is 5. The van der Waals surface area contributed by atoms with Gasteiger partial charge in [0.2, 0.25) is 5.88 Å². The van der Waals surface area contributed by atoms with E-state index in [0.717, 1.165) is 19.7 Å². The summed E-state index contributed by atoms with van der Waals surface area (Å²) in [7, 11) is 0. The molecule has 2 atom stereocenters. The second-order valence-electron chi connectivity index (χ2n) is 5.75. The van der Waals surface area contributed by atoms with Gasteiger partial charge in [-0.3, -0.25) is 9.69 Å². The zero-order chi connectivity index (χ0) is 15.4. The van der Waals surface area contributed by atoms with Crippen LogP contribution in [0.15, 0.2) is 18.3 Å². The third kappa shape index (κ3) is 3.39. The van der Waals surface area contributed by atoms with E-state index in [1.54, 1.807) is 18.3 Å². The van der Waals surface area contributed by atoms with Crippen molar-refractivity contribution in [1.29, 1.82) is 0 Å². The largest absolute Gasteiger partial charge is 0.477 e. The summed E-state index contributed by atoms with van der Waals surface area (Å²) in [4.78, 5) is 18.9. The molecule has 0 aromatic carbocycles. The van der Waals surface area contributed by atoms with Gasteiger partial charge in [-0.05, 0) is 38.4 Å². The molecule has 1 N–H and O–H groups in total. The standard InChI is InChI=1S/C16H23N3O3/c1-2-21-16-14(6-3-7-17-16)15(20)18-9-13-10-19-8-4-5-12(19)11-22-13/h3,6-7,12-13H,2,4-5,8-11H2,1H3,(H,18,20)/t12-,13-/m0/s1. The SMILES string of the molecule is CCOc1ncccc1C(=O)NC[C@H]1CN2CCC[C@H]2CO1. The first-order chi connectivity index (χ1) is 10.8. The molecule has 0 aliphatic carbocycles. The Kier molecular flexibility index (Phi) is 4.90. The number of nitrogens with one attached hydrogen (secondary N) is 1. The van der Waals surface area contributed by atoms with E-state index in [2.05, 4.69) is 15.2 Å². The van der Waals surface area contributed by atoms with E-state index in [1.807, 2.05) is 6.92 Å². The van der Waals surface area contributed by atoms with Crippen LogP contribution in [-0.2, 0) is 4.74 Å². The van der Waals surface area contributed by atoms with E-state index in [-0.39, 0.29) is 12.0 Å². The van der Waals surface area contributed by atoms with E-state index < -0.39 is 0 Å². The average Bonchev–Trinajstić information content (AvgIpc) is 3.01. The van der Waals surface area contributed by atoms with Crippen LogP contribution in [0.3, 0.4) is 0 Å². The molecule has 2 aliphatic heterocycles. The number of pyridine rings is 1. The fourth-order valence-corrected chi connectivity index (χ4v) is 3.13. The lowest BCUT2D eigenvalue weighted by atomic mass is 10.2. The number of ether oxygens (including phenoxy) is 2. The van der Waals surface area contributed by atoms with Gasteiger partial charge in [0.1, 0.15) is 5.56 Å². The molecule has 1 amide bonds. The highest BCUT2D eigenvalue weighted by Crippen LogP contribution is 2.22. The van der Waals surface area contributed by atoms with Crippen molar-refractivity contribution in [3.8, 4) is 5.88 Å². The van der Waals surface area contributed by atoms with Crippen molar-refractivity contribution >= 4 is 5.91 Å². The third-order valence-electron chi connectivity index (χ3n) is 4.25.